The van der Waals surface area contributed by atoms with Crippen molar-refractivity contribution in [2.45, 2.75) is 26.3 Å². The smallest absolute Gasteiger partial charge is 0.251 e. The van der Waals surface area contributed by atoms with Crippen LogP contribution in [0.15, 0.2) is 84.1 Å². The van der Waals surface area contributed by atoms with Crippen molar-refractivity contribution >= 4 is 17.5 Å². The Morgan fingerprint density at radius 3 is 2.46 bits per heavy atom. The Bertz CT molecular complexity index is 1400. The van der Waals surface area contributed by atoms with E-state index in [0.29, 0.717) is 28.2 Å². The molecule has 2 aromatic carbocycles. The number of amides is 2. The first-order valence-electron chi connectivity index (χ1n) is 11.2. The molecule has 0 aliphatic heterocycles. The standard InChI is InChI=1S/C28H25F3N4O2/c1-4-16(2)34-17(3)10-26(36)35-25(13-18-11-20(29)15-21(30)12-18)27-22(6-5-9-33-27)19-7-8-24(31)23(14-19)28(32)37/h4-12,14-15,25H,1,13H2,2-3H3,(H2,32,37)(H,35,36)/b17-10-,34-16?. The Morgan fingerprint density at radius 1 is 1.11 bits per heavy atom. The lowest BCUT2D eigenvalue weighted by molar-refractivity contribution is -0.117. The number of hydrogen-bond acceptors (Lipinski definition) is 4. The molecule has 0 saturated heterocycles. The van der Waals surface area contributed by atoms with Crippen LogP contribution in [0.25, 0.3) is 11.1 Å². The Morgan fingerprint density at radius 2 is 1.81 bits per heavy atom. The fourth-order valence-electron chi connectivity index (χ4n) is 3.76. The van der Waals surface area contributed by atoms with Crippen molar-refractivity contribution in [3.8, 4) is 11.1 Å². The van der Waals surface area contributed by atoms with Gasteiger partial charge in [0.1, 0.15) is 17.5 Å². The van der Waals surface area contributed by atoms with Crippen LogP contribution in [0.4, 0.5) is 13.2 Å². The zero-order valence-electron chi connectivity index (χ0n) is 20.3. The van der Waals surface area contributed by atoms with Crippen LogP contribution >= 0.6 is 0 Å². The summed E-state index contributed by atoms with van der Waals surface area (Å²) in [5, 5.41) is 2.82. The summed E-state index contributed by atoms with van der Waals surface area (Å²) in [5.41, 5.74) is 7.51. The highest BCUT2D eigenvalue weighted by Crippen LogP contribution is 2.30. The average Bonchev–Trinajstić information content (AvgIpc) is 2.83. The molecular weight excluding hydrogens is 481 g/mol. The maximum atomic E-state index is 14.1. The average molecular weight is 507 g/mol. The van der Waals surface area contributed by atoms with Crippen LogP contribution < -0.4 is 11.1 Å². The molecule has 3 rings (SSSR count). The number of halogens is 3. The second kappa shape index (κ2) is 11.9. The minimum atomic E-state index is -0.944. The van der Waals surface area contributed by atoms with Crippen LogP contribution in [0.3, 0.4) is 0 Å². The van der Waals surface area contributed by atoms with Gasteiger partial charge in [-0.15, -0.1) is 0 Å². The van der Waals surface area contributed by atoms with Crippen molar-refractivity contribution in [2.24, 2.45) is 10.7 Å². The molecule has 0 bridgehead atoms. The summed E-state index contributed by atoms with van der Waals surface area (Å²) in [7, 11) is 0. The van der Waals surface area contributed by atoms with Crippen molar-refractivity contribution in [3.63, 3.8) is 0 Å². The van der Waals surface area contributed by atoms with Gasteiger partial charge in [-0.1, -0.05) is 18.7 Å². The van der Waals surface area contributed by atoms with Crippen molar-refractivity contribution in [3.05, 3.63) is 113 Å². The van der Waals surface area contributed by atoms with Crippen LogP contribution in [-0.2, 0) is 11.2 Å². The molecule has 1 heterocycles. The molecule has 1 atom stereocenters. The molecule has 0 spiro atoms. The molecule has 1 unspecified atom stereocenters. The molecule has 0 radical (unpaired) electrons. The molecule has 0 aliphatic rings. The van der Waals surface area contributed by atoms with Gasteiger partial charge in [-0.25, -0.2) is 13.2 Å². The highest BCUT2D eigenvalue weighted by Gasteiger charge is 2.22. The Balaban J connectivity index is 2.09. The van der Waals surface area contributed by atoms with Crippen LogP contribution in [0.5, 0.6) is 0 Å². The fraction of sp³-hybridized carbons (Fsp3) is 0.143. The van der Waals surface area contributed by atoms with Crippen LogP contribution in [0, 0.1) is 17.5 Å². The predicted molar refractivity (Wildman–Crippen MR) is 136 cm³/mol. The predicted octanol–water partition coefficient (Wildman–Crippen LogP) is 5.22. The van der Waals surface area contributed by atoms with Gasteiger partial charge < -0.3 is 11.1 Å². The molecular formula is C28H25F3N4O2. The van der Waals surface area contributed by atoms with Crippen molar-refractivity contribution in [2.75, 3.05) is 0 Å². The Hall–Kier alpha value is -4.53. The van der Waals surface area contributed by atoms with E-state index in [2.05, 4.69) is 21.9 Å². The monoisotopic (exact) mass is 506 g/mol. The highest BCUT2D eigenvalue weighted by atomic mass is 19.1. The molecule has 0 saturated carbocycles. The van der Waals surface area contributed by atoms with Crippen LogP contribution in [-0.4, -0.2) is 22.5 Å². The maximum absolute atomic E-state index is 14.1. The van der Waals surface area contributed by atoms with E-state index in [1.807, 2.05) is 0 Å². The van der Waals surface area contributed by atoms with Crippen molar-refractivity contribution in [1.29, 1.82) is 0 Å². The first-order chi connectivity index (χ1) is 17.6. The SMILES string of the molecule is C=CC(C)=N/C(C)=C\C(=O)NC(Cc1cc(F)cc(F)c1)c1ncccc1-c1ccc(F)c(C(N)=O)c1. The number of carbonyl (C=O) groups is 2. The van der Waals surface area contributed by atoms with Gasteiger partial charge in [0, 0.05) is 35.3 Å². The zero-order valence-corrected chi connectivity index (χ0v) is 20.3. The lowest BCUT2D eigenvalue weighted by Gasteiger charge is -2.21. The van der Waals surface area contributed by atoms with Gasteiger partial charge in [0.25, 0.3) is 5.91 Å². The summed E-state index contributed by atoms with van der Waals surface area (Å²) in [6.45, 7) is 6.99. The number of primary amides is 1. The number of nitrogens with one attached hydrogen (secondary N) is 1. The molecule has 3 N–H and O–H groups in total. The number of rotatable bonds is 9. The summed E-state index contributed by atoms with van der Waals surface area (Å²) in [6.07, 6.45) is 4.29. The summed E-state index contributed by atoms with van der Waals surface area (Å²) in [4.78, 5) is 33.2. The van der Waals surface area contributed by atoms with Gasteiger partial charge in [-0.05, 0) is 67.8 Å². The van der Waals surface area contributed by atoms with Gasteiger partial charge in [0.2, 0.25) is 5.91 Å². The number of allylic oxidation sites excluding steroid dienone is 2. The Kier molecular flexibility index (Phi) is 8.73. The zero-order chi connectivity index (χ0) is 27.1. The molecule has 2 amide bonds. The van der Waals surface area contributed by atoms with Crippen molar-refractivity contribution in [1.82, 2.24) is 10.3 Å². The molecule has 3 aromatic rings. The number of hydrogen-bond donors (Lipinski definition) is 2. The first-order valence-corrected chi connectivity index (χ1v) is 11.2. The largest absolute Gasteiger partial charge is 0.366 e. The number of carbonyl (C=O) groups excluding carboxylic acids is 2. The summed E-state index contributed by atoms with van der Waals surface area (Å²) >= 11 is 0. The number of pyridine rings is 1. The Labute approximate surface area is 212 Å². The van der Waals surface area contributed by atoms with Gasteiger partial charge in [-0.3, -0.25) is 19.6 Å². The van der Waals surface area contributed by atoms with Crippen LogP contribution in [0.1, 0.15) is 41.5 Å². The summed E-state index contributed by atoms with van der Waals surface area (Å²) < 4.78 is 41.9. The third-order valence-corrected chi connectivity index (χ3v) is 5.38. The third-order valence-electron chi connectivity index (χ3n) is 5.38. The van der Waals surface area contributed by atoms with E-state index in [-0.39, 0.29) is 17.5 Å². The van der Waals surface area contributed by atoms with Gasteiger partial charge in [0.15, 0.2) is 0 Å². The molecule has 9 heteroatoms. The van der Waals surface area contributed by atoms with Crippen molar-refractivity contribution < 1.29 is 22.8 Å². The first kappa shape index (κ1) is 27.1. The van der Waals surface area contributed by atoms with E-state index >= 15 is 0 Å². The van der Waals surface area contributed by atoms with E-state index < -0.39 is 35.3 Å². The minimum absolute atomic E-state index is 0.0177. The topological polar surface area (TPSA) is 97.4 Å². The molecule has 190 valence electrons. The van der Waals surface area contributed by atoms with Gasteiger partial charge >= 0.3 is 0 Å². The number of aliphatic imine (C=N–C) groups is 1. The molecule has 37 heavy (non-hydrogen) atoms. The second-order valence-corrected chi connectivity index (χ2v) is 8.28. The minimum Gasteiger partial charge on any atom is -0.366 e. The van der Waals surface area contributed by atoms with E-state index in [0.717, 1.165) is 24.3 Å². The van der Waals surface area contributed by atoms with Crippen LogP contribution in [0.2, 0.25) is 0 Å². The van der Waals surface area contributed by atoms with E-state index in [1.54, 1.807) is 32.1 Å². The van der Waals surface area contributed by atoms with Gasteiger partial charge in [0.05, 0.1) is 17.3 Å². The number of nitrogens with zero attached hydrogens (tertiary/aromatic N) is 2. The van der Waals surface area contributed by atoms with Gasteiger partial charge in [-0.2, -0.15) is 0 Å². The second-order valence-electron chi connectivity index (χ2n) is 8.28. The van der Waals surface area contributed by atoms with E-state index in [9.17, 15) is 22.8 Å². The molecule has 0 aliphatic carbocycles. The normalized spacial score (nSPS) is 12.7. The summed E-state index contributed by atoms with van der Waals surface area (Å²) in [5.74, 6) is -3.78. The lowest BCUT2D eigenvalue weighted by Crippen LogP contribution is -2.30. The highest BCUT2D eigenvalue weighted by molar-refractivity contribution is 5.95. The van der Waals surface area contributed by atoms with E-state index in [1.165, 1.54) is 24.4 Å². The number of benzene rings is 2. The quantitative estimate of drug-likeness (QED) is 0.308. The molecule has 6 nitrogen and oxygen atoms in total. The number of nitrogens with two attached hydrogens (primary N) is 1. The maximum Gasteiger partial charge on any atom is 0.251 e. The molecule has 0 fully saturated rings. The number of aromatic nitrogens is 1. The van der Waals surface area contributed by atoms with E-state index in [4.69, 9.17) is 5.73 Å². The lowest BCUT2D eigenvalue weighted by atomic mass is 9.94. The fourth-order valence-corrected chi connectivity index (χ4v) is 3.76. The molecule has 1 aromatic heterocycles. The third kappa shape index (κ3) is 7.23. The summed E-state index contributed by atoms with van der Waals surface area (Å²) in [6, 6.07) is 9.34.